The molecule has 6 nitrogen and oxygen atoms in total. The molecule has 0 amide bonds. The number of thiocarbonyl (C=S) groups is 1. The average Bonchev–Trinajstić information content (AvgIpc) is 2.52. The van der Waals surface area contributed by atoms with Crippen LogP contribution in [0.2, 0.25) is 0 Å². The zero-order valence-electron chi connectivity index (χ0n) is 12.9. The van der Waals surface area contributed by atoms with Gasteiger partial charge in [-0.25, -0.2) is 4.79 Å². The molecular weight excluding hydrogens is 304 g/mol. The largest absolute Gasteiger partial charge is 0.469 e. The Labute approximate surface area is 135 Å². The van der Waals surface area contributed by atoms with E-state index in [1.807, 2.05) is 13.0 Å². The number of carbonyl (C=O) groups excluding carboxylic acids is 2. The highest BCUT2D eigenvalue weighted by Crippen LogP contribution is 2.17. The zero-order chi connectivity index (χ0) is 16.5. The van der Waals surface area contributed by atoms with Crippen LogP contribution in [-0.2, 0) is 14.3 Å². The van der Waals surface area contributed by atoms with Gasteiger partial charge in [-0.05, 0) is 43.3 Å². The highest BCUT2D eigenvalue weighted by atomic mass is 32.1. The van der Waals surface area contributed by atoms with E-state index in [0.717, 1.165) is 11.3 Å². The third-order valence-corrected chi connectivity index (χ3v) is 3.22. The maximum Gasteiger partial charge on any atom is 0.337 e. The number of carbonyl (C=O) groups is 2. The van der Waals surface area contributed by atoms with Crippen LogP contribution in [0.5, 0.6) is 0 Å². The fourth-order valence-electron chi connectivity index (χ4n) is 1.70. The molecule has 0 radical (unpaired) electrons. The topological polar surface area (TPSA) is 76.7 Å². The molecule has 0 saturated carbocycles. The summed E-state index contributed by atoms with van der Waals surface area (Å²) in [5, 5.41) is 6.45. The van der Waals surface area contributed by atoms with E-state index in [0.29, 0.717) is 30.1 Å². The number of rotatable bonds is 6. The lowest BCUT2D eigenvalue weighted by atomic mass is 10.1. The van der Waals surface area contributed by atoms with E-state index in [9.17, 15) is 9.59 Å². The second kappa shape index (κ2) is 8.99. The molecule has 2 N–H and O–H groups in total. The molecule has 120 valence electrons. The molecule has 0 bridgehead atoms. The Morgan fingerprint density at radius 3 is 2.59 bits per heavy atom. The first-order valence-electron chi connectivity index (χ1n) is 6.78. The van der Waals surface area contributed by atoms with Crippen LogP contribution in [0.1, 0.15) is 28.8 Å². The van der Waals surface area contributed by atoms with Crippen LogP contribution in [0.25, 0.3) is 0 Å². The molecule has 0 atom stereocenters. The Morgan fingerprint density at radius 2 is 1.95 bits per heavy atom. The van der Waals surface area contributed by atoms with Crippen molar-refractivity contribution in [3.8, 4) is 0 Å². The van der Waals surface area contributed by atoms with E-state index in [1.165, 1.54) is 14.2 Å². The Bertz CT molecular complexity index is 560. The van der Waals surface area contributed by atoms with Crippen LogP contribution in [0, 0.1) is 6.92 Å². The molecule has 0 aliphatic rings. The first kappa shape index (κ1) is 17.9. The smallest absolute Gasteiger partial charge is 0.337 e. The number of hydrogen-bond donors (Lipinski definition) is 2. The molecule has 0 heterocycles. The summed E-state index contributed by atoms with van der Waals surface area (Å²) in [6.07, 6.45) is 0.957. The minimum Gasteiger partial charge on any atom is -0.469 e. The van der Waals surface area contributed by atoms with Gasteiger partial charge in [0, 0.05) is 18.7 Å². The van der Waals surface area contributed by atoms with Gasteiger partial charge in [0.2, 0.25) is 0 Å². The monoisotopic (exact) mass is 324 g/mol. The van der Waals surface area contributed by atoms with Gasteiger partial charge >= 0.3 is 11.9 Å². The van der Waals surface area contributed by atoms with Gasteiger partial charge in [-0.1, -0.05) is 6.07 Å². The van der Waals surface area contributed by atoms with Crippen molar-refractivity contribution in [2.45, 2.75) is 19.8 Å². The lowest BCUT2D eigenvalue weighted by Gasteiger charge is -2.13. The minimum absolute atomic E-state index is 0.248. The summed E-state index contributed by atoms with van der Waals surface area (Å²) < 4.78 is 9.25. The Hall–Kier alpha value is -2.15. The molecule has 0 fully saturated rings. The highest BCUT2D eigenvalue weighted by molar-refractivity contribution is 7.80. The first-order valence-corrected chi connectivity index (χ1v) is 7.19. The Balaban J connectivity index is 2.53. The van der Waals surface area contributed by atoms with E-state index in [-0.39, 0.29) is 5.97 Å². The summed E-state index contributed by atoms with van der Waals surface area (Å²) in [4.78, 5) is 22.5. The average molecular weight is 324 g/mol. The van der Waals surface area contributed by atoms with Crippen LogP contribution >= 0.6 is 12.2 Å². The van der Waals surface area contributed by atoms with E-state index in [1.54, 1.807) is 12.1 Å². The first-order chi connectivity index (χ1) is 10.5. The number of benzene rings is 1. The van der Waals surface area contributed by atoms with Gasteiger partial charge in [0.1, 0.15) is 0 Å². The van der Waals surface area contributed by atoms with Crippen LogP contribution in [-0.4, -0.2) is 37.8 Å². The predicted molar refractivity (Wildman–Crippen MR) is 88.0 cm³/mol. The zero-order valence-corrected chi connectivity index (χ0v) is 13.7. The molecule has 0 saturated heterocycles. The van der Waals surface area contributed by atoms with Gasteiger partial charge in [0.15, 0.2) is 5.11 Å². The molecular formula is C15H20N2O4S. The molecule has 1 aromatic carbocycles. The fourth-order valence-corrected chi connectivity index (χ4v) is 1.92. The van der Waals surface area contributed by atoms with Gasteiger partial charge in [-0.2, -0.15) is 0 Å². The molecule has 0 unspecified atom stereocenters. The number of esters is 2. The molecule has 22 heavy (non-hydrogen) atoms. The van der Waals surface area contributed by atoms with Crippen LogP contribution in [0.4, 0.5) is 5.69 Å². The van der Waals surface area contributed by atoms with Crippen LogP contribution < -0.4 is 10.6 Å². The number of aryl methyl sites for hydroxylation is 1. The number of ether oxygens (including phenoxy) is 2. The molecule has 7 heteroatoms. The van der Waals surface area contributed by atoms with Crippen molar-refractivity contribution in [3.63, 3.8) is 0 Å². The van der Waals surface area contributed by atoms with Gasteiger partial charge in [-0.3, -0.25) is 4.79 Å². The third-order valence-electron chi connectivity index (χ3n) is 2.98. The summed E-state index contributed by atoms with van der Waals surface area (Å²) in [6, 6.07) is 5.19. The molecule has 0 aliphatic heterocycles. The minimum atomic E-state index is -0.403. The van der Waals surface area contributed by atoms with Crippen molar-refractivity contribution >= 4 is 35.0 Å². The fraction of sp³-hybridized carbons (Fsp3) is 0.400. The van der Waals surface area contributed by atoms with E-state index < -0.39 is 5.97 Å². The van der Waals surface area contributed by atoms with Gasteiger partial charge in [-0.15, -0.1) is 0 Å². The summed E-state index contributed by atoms with van der Waals surface area (Å²) in [7, 11) is 2.70. The van der Waals surface area contributed by atoms with E-state index >= 15 is 0 Å². The second-order valence-electron chi connectivity index (χ2n) is 4.58. The molecule has 0 spiro atoms. The lowest BCUT2D eigenvalue weighted by Crippen LogP contribution is -2.30. The normalized spacial score (nSPS) is 9.77. The SMILES string of the molecule is COC(=O)CCCNC(=S)Nc1cc(C(=O)OC)ccc1C. The van der Waals surface area contributed by atoms with Gasteiger partial charge < -0.3 is 20.1 Å². The van der Waals surface area contributed by atoms with Crippen molar-refractivity contribution < 1.29 is 19.1 Å². The number of methoxy groups -OCH3 is 2. The van der Waals surface area contributed by atoms with Crippen molar-refractivity contribution in [2.75, 3.05) is 26.1 Å². The van der Waals surface area contributed by atoms with Gasteiger partial charge in [0.05, 0.1) is 19.8 Å². The van der Waals surface area contributed by atoms with Crippen molar-refractivity contribution in [2.24, 2.45) is 0 Å². The summed E-state index contributed by atoms with van der Waals surface area (Å²) >= 11 is 5.19. The molecule has 1 aromatic rings. The maximum absolute atomic E-state index is 11.5. The summed E-state index contributed by atoms with van der Waals surface area (Å²) in [5.74, 6) is -0.651. The second-order valence-corrected chi connectivity index (χ2v) is 4.99. The van der Waals surface area contributed by atoms with Crippen molar-refractivity contribution in [3.05, 3.63) is 29.3 Å². The van der Waals surface area contributed by atoms with Crippen LogP contribution in [0.3, 0.4) is 0 Å². The number of hydrogen-bond acceptors (Lipinski definition) is 5. The van der Waals surface area contributed by atoms with E-state index in [2.05, 4.69) is 20.1 Å². The molecule has 0 aromatic heterocycles. The lowest BCUT2D eigenvalue weighted by molar-refractivity contribution is -0.140. The van der Waals surface area contributed by atoms with E-state index in [4.69, 9.17) is 12.2 Å². The Morgan fingerprint density at radius 1 is 1.23 bits per heavy atom. The van der Waals surface area contributed by atoms with Gasteiger partial charge in [0.25, 0.3) is 0 Å². The Kier molecular flexibility index (Phi) is 7.31. The maximum atomic E-state index is 11.5. The molecule has 1 rings (SSSR count). The van der Waals surface area contributed by atoms with Crippen LogP contribution in [0.15, 0.2) is 18.2 Å². The quantitative estimate of drug-likeness (QED) is 0.471. The molecule has 0 aliphatic carbocycles. The third kappa shape index (κ3) is 5.69. The highest BCUT2D eigenvalue weighted by Gasteiger charge is 2.09. The van der Waals surface area contributed by atoms with Crippen molar-refractivity contribution in [1.29, 1.82) is 0 Å². The van der Waals surface area contributed by atoms with Crippen molar-refractivity contribution in [1.82, 2.24) is 5.32 Å². The summed E-state index contributed by atoms with van der Waals surface area (Å²) in [5.41, 5.74) is 2.13. The number of nitrogens with one attached hydrogen (secondary N) is 2. The number of anilines is 1. The standard InChI is InChI=1S/C15H20N2O4S/c1-10-6-7-11(14(19)21-3)9-12(10)17-15(22)16-8-4-5-13(18)20-2/h6-7,9H,4-5,8H2,1-3H3,(H2,16,17,22). The summed E-state index contributed by atoms with van der Waals surface area (Å²) in [6.45, 7) is 2.46. The predicted octanol–water partition coefficient (Wildman–Crippen LogP) is 2.02.